The second-order valence-electron chi connectivity index (χ2n) is 8.42. The largest absolute Gasteiger partial charge is 0.481 e. The highest BCUT2D eigenvalue weighted by Gasteiger charge is 2.28. The first-order valence-electron chi connectivity index (χ1n) is 10.2. The highest BCUT2D eigenvalue weighted by Crippen LogP contribution is 2.36. The number of fused-ring (bicyclic) bond motifs is 1. The molecule has 1 aromatic carbocycles. The molecule has 1 aliphatic heterocycles. The van der Waals surface area contributed by atoms with Crippen molar-refractivity contribution in [3.8, 4) is 0 Å². The van der Waals surface area contributed by atoms with Crippen LogP contribution in [0.5, 0.6) is 0 Å². The summed E-state index contributed by atoms with van der Waals surface area (Å²) in [5.74, 6) is -0.707. The number of carbonyl (C=O) groups is 1. The summed E-state index contributed by atoms with van der Waals surface area (Å²) in [5.41, 5.74) is 2.04. The van der Waals surface area contributed by atoms with Gasteiger partial charge >= 0.3 is 5.97 Å². The minimum atomic E-state index is -0.707. The van der Waals surface area contributed by atoms with Crippen LogP contribution in [-0.4, -0.2) is 22.5 Å². The molecule has 28 heavy (non-hydrogen) atoms. The average molecular weight is 420 g/mol. The number of nitrogens with zero attached hydrogens (tertiary/aromatic N) is 1. The Morgan fingerprint density at radius 1 is 1.25 bits per heavy atom. The second-order valence-corrected chi connectivity index (χ2v) is 9.82. The third-order valence-corrected chi connectivity index (χ3v) is 7.27. The van der Waals surface area contributed by atoms with E-state index in [0.29, 0.717) is 6.04 Å². The van der Waals surface area contributed by atoms with Crippen LogP contribution in [0.1, 0.15) is 68.0 Å². The van der Waals surface area contributed by atoms with Crippen molar-refractivity contribution in [2.45, 2.75) is 65.0 Å². The van der Waals surface area contributed by atoms with E-state index >= 15 is 0 Å². The van der Waals surface area contributed by atoms with Crippen molar-refractivity contribution in [3.63, 3.8) is 0 Å². The molecule has 5 heteroatoms. The van der Waals surface area contributed by atoms with E-state index in [2.05, 4.69) is 28.5 Å². The Morgan fingerprint density at radius 2 is 2.04 bits per heavy atom. The molecule has 0 aliphatic carbocycles. The summed E-state index contributed by atoms with van der Waals surface area (Å²) in [6.45, 7) is 5.68. The number of carboxylic acid groups (broad SMARTS) is 1. The number of benzene rings is 1. The van der Waals surface area contributed by atoms with Crippen molar-refractivity contribution >= 4 is 28.9 Å². The first-order chi connectivity index (χ1) is 13.4. The summed E-state index contributed by atoms with van der Waals surface area (Å²) in [4.78, 5) is 15.4. The maximum absolute atomic E-state index is 11.3. The lowest BCUT2D eigenvalue weighted by molar-refractivity contribution is -0.147. The van der Waals surface area contributed by atoms with E-state index in [1.54, 1.807) is 0 Å². The molecule has 0 radical (unpaired) electrons. The van der Waals surface area contributed by atoms with Gasteiger partial charge in [0.05, 0.1) is 5.41 Å². The molecule has 0 fully saturated rings. The van der Waals surface area contributed by atoms with Crippen molar-refractivity contribution in [2.24, 2.45) is 5.41 Å². The quantitative estimate of drug-likeness (QED) is 0.467. The van der Waals surface area contributed by atoms with Crippen LogP contribution in [0.25, 0.3) is 0 Å². The summed E-state index contributed by atoms with van der Waals surface area (Å²) in [5, 5.41) is 12.3. The number of aliphatic carboxylic acids is 1. The fraction of sp³-hybridized carbons (Fsp3) is 0.522. The Bertz CT molecular complexity index is 801. The van der Waals surface area contributed by atoms with E-state index in [1.165, 1.54) is 16.0 Å². The molecule has 3 rings (SSSR count). The highest BCUT2D eigenvalue weighted by molar-refractivity contribution is 7.10. The molecule has 0 bridgehead atoms. The van der Waals surface area contributed by atoms with Crippen molar-refractivity contribution in [3.05, 3.63) is 56.7 Å². The fourth-order valence-electron chi connectivity index (χ4n) is 4.00. The smallest absolute Gasteiger partial charge is 0.309 e. The highest BCUT2D eigenvalue weighted by atomic mass is 35.5. The second kappa shape index (κ2) is 9.43. The first-order valence-corrected chi connectivity index (χ1v) is 11.4. The van der Waals surface area contributed by atoms with E-state index in [4.69, 9.17) is 11.6 Å². The summed E-state index contributed by atoms with van der Waals surface area (Å²) < 4.78 is 0. The van der Waals surface area contributed by atoms with Gasteiger partial charge in [-0.1, -0.05) is 49.1 Å². The zero-order valence-corrected chi connectivity index (χ0v) is 18.4. The molecular formula is C23H30ClNO2S. The zero-order chi connectivity index (χ0) is 20.1. The lowest BCUT2D eigenvalue weighted by Crippen LogP contribution is -2.33. The van der Waals surface area contributed by atoms with Crippen molar-refractivity contribution in [1.29, 1.82) is 0 Å². The Hall–Kier alpha value is -1.36. The third-order valence-electron chi connectivity index (χ3n) is 5.90. The van der Waals surface area contributed by atoms with Crippen LogP contribution >= 0.6 is 22.9 Å². The lowest BCUT2D eigenvalue weighted by atomic mass is 9.86. The predicted octanol–water partition coefficient (Wildman–Crippen LogP) is 6.56. The standard InChI is InChI=1S/C23H30ClNO2S/c1-23(2,22(26)27)13-7-3-4-10-20(18-8-5-6-9-19(18)24)25-14-11-21-17(16-25)12-15-28-21/h5-6,8-9,12,15,20H,3-4,7,10-11,13-14,16H2,1-2H3,(H,26,27). The molecule has 1 unspecified atom stereocenters. The summed E-state index contributed by atoms with van der Waals surface area (Å²) in [6.07, 6.45) is 5.97. The number of halogens is 1. The zero-order valence-electron chi connectivity index (χ0n) is 16.8. The van der Waals surface area contributed by atoms with E-state index in [1.807, 2.05) is 37.3 Å². The Morgan fingerprint density at radius 3 is 2.79 bits per heavy atom. The van der Waals surface area contributed by atoms with Crippen LogP contribution in [0, 0.1) is 5.41 Å². The number of hydrogen-bond donors (Lipinski definition) is 1. The molecule has 1 N–H and O–H groups in total. The van der Waals surface area contributed by atoms with Gasteiger partial charge in [0.1, 0.15) is 0 Å². The van der Waals surface area contributed by atoms with Gasteiger partial charge in [0, 0.05) is 29.0 Å². The Kier molecular flexibility index (Phi) is 7.19. The van der Waals surface area contributed by atoms with Gasteiger partial charge in [-0.2, -0.15) is 0 Å². The molecule has 0 saturated heterocycles. The molecular weight excluding hydrogens is 390 g/mol. The Labute approximate surface area is 177 Å². The maximum atomic E-state index is 11.3. The summed E-state index contributed by atoms with van der Waals surface area (Å²) in [7, 11) is 0. The number of thiophene rings is 1. The molecule has 2 aromatic rings. The topological polar surface area (TPSA) is 40.5 Å². The molecule has 1 aromatic heterocycles. The number of unbranched alkanes of at least 4 members (excludes halogenated alkanes) is 2. The van der Waals surface area contributed by atoms with Gasteiger partial charge in [0.25, 0.3) is 0 Å². The van der Waals surface area contributed by atoms with Crippen LogP contribution in [0.2, 0.25) is 5.02 Å². The first kappa shape index (κ1) is 21.4. The van der Waals surface area contributed by atoms with Crippen LogP contribution in [0.4, 0.5) is 0 Å². The molecule has 0 saturated carbocycles. The van der Waals surface area contributed by atoms with Crippen LogP contribution in [0.15, 0.2) is 35.7 Å². The SMILES string of the molecule is CC(C)(CCCCCC(c1ccccc1Cl)N1CCc2sccc2C1)C(=O)O. The van der Waals surface area contributed by atoms with Gasteiger partial charge in [-0.25, -0.2) is 0 Å². The van der Waals surface area contributed by atoms with E-state index in [0.717, 1.165) is 56.6 Å². The van der Waals surface area contributed by atoms with Gasteiger partial charge in [0.2, 0.25) is 0 Å². The average Bonchev–Trinajstić information content (AvgIpc) is 3.13. The van der Waals surface area contributed by atoms with Gasteiger partial charge in [-0.15, -0.1) is 11.3 Å². The molecule has 2 heterocycles. The van der Waals surface area contributed by atoms with Gasteiger partial charge < -0.3 is 5.11 Å². The predicted molar refractivity (Wildman–Crippen MR) is 117 cm³/mol. The summed E-state index contributed by atoms with van der Waals surface area (Å²) >= 11 is 8.43. The van der Waals surface area contributed by atoms with Gasteiger partial charge in [-0.3, -0.25) is 9.69 Å². The third kappa shape index (κ3) is 5.16. The van der Waals surface area contributed by atoms with Crippen molar-refractivity contribution in [2.75, 3.05) is 6.54 Å². The lowest BCUT2D eigenvalue weighted by Gasteiger charge is -2.35. The normalized spacial score (nSPS) is 16.0. The molecule has 152 valence electrons. The Balaban J connectivity index is 1.63. The van der Waals surface area contributed by atoms with Gasteiger partial charge in [-0.05, 0) is 61.7 Å². The number of carboxylic acids is 1. The van der Waals surface area contributed by atoms with Crippen molar-refractivity contribution in [1.82, 2.24) is 4.90 Å². The minimum Gasteiger partial charge on any atom is -0.481 e. The minimum absolute atomic E-state index is 0.314. The van der Waals surface area contributed by atoms with Crippen molar-refractivity contribution < 1.29 is 9.90 Å². The molecule has 0 spiro atoms. The van der Waals surface area contributed by atoms with Crippen LogP contribution in [0.3, 0.4) is 0 Å². The van der Waals surface area contributed by atoms with Gasteiger partial charge in [0.15, 0.2) is 0 Å². The fourth-order valence-corrected chi connectivity index (χ4v) is 5.16. The number of hydrogen-bond acceptors (Lipinski definition) is 3. The molecule has 1 atom stereocenters. The molecule has 3 nitrogen and oxygen atoms in total. The molecule has 1 aliphatic rings. The monoisotopic (exact) mass is 419 g/mol. The maximum Gasteiger partial charge on any atom is 0.309 e. The molecule has 0 amide bonds. The van der Waals surface area contributed by atoms with Crippen LogP contribution in [-0.2, 0) is 17.8 Å². The van der Waals surface area contributed by atoms with E-state index in [-0.39, 0.29) is 0 Å². The van der Waals surface area contributed by atoms with E-state index < -0.39 is 11.4 Å². The summed E-state index contributed by atoms with van der Waals surface area (Å²) in [6, 6.07) is 10.8. The van der Waals surface area contributed by atoms with E-state index in [9.17, 15) is 9.90 Å². The number of rotatable bonds is 9. The van der Waals surface area contributed by atoms with Crippen LogP contribution < -0.4 is 0 Å².